The first-order valence-corrected chi connectivity index (χ1v) is 6.69. The average molecular weight is 259 g/mol. The number of thiazole rings is 1. The molecule has 2 aromatic rings. The maximum atomic E-state index is 10.7. The third-order valence-electron chi connectivity index (χ3n) is 2.96. The molecule has 3 rings (SSSR count). The summed E-state index contributed by atoms with van der Waals surface area (Å²) in [7, 11) is 0. The molecule has 1 aromatic carbocycles. The summed E-state index contributed by atoms with van der Waals surface area (Å²) >= 11 is 1.47. The normalized spacial score (nSPS) is 16.1. The Kier molecular flexibility index (Phi) is 2.48. The number of fused-ring (bicyclic) bond motifs is 1. The predicted octanol–water partition coefficient (Wildman–Crippen LogP) is 3.34. The number of hydrogen-bond acceptors (Lipinski definition) is 4. The number of aromatic nitrogens is 1. The predicted molar refractivity (Wildman–Crippen MR) is 71.3 cm³/mol. The maximum Gasteiger partial charge on any atom is 0.169 e. The zero-order valence-electron chi connectivity index (χ0n) is 10.3. The van der Waals surface area contributed by atoms with E-state index in [0.29, 0.717) is 5.69 Å². The van der Waals surface area contributed by atoms with E-state index in [1.807, 2.05) is 12.1 Å². The van der Waals surface area contributed by atoms with E-state index in [4.69, 9.17) is 4.74 Å². The van der Waals surface area contributed by atoms with Crippen LogP contribution in [0.5, 0.6) is 5.75 Å². The van der Waals surface area contributed by atoms with E-state index in [0.717, 1.165) is 29.0 Å². The monoisotopic (exact) mass is 259 g/mol. The van der Waals surface area contributed by atoms with Crippen LogP contribution in [0.1, 0.15) is 29.9 Å². The first-order chi connectivity index (χ1) is 8.59. The summed E-state index contributed by atoms with van der Waals surface area (Å²) in [5.74, 6) is 0.911. The van der Waals surface area contributed by atoms with Gasteiger partial charge in [-0.3, -0.25) is 4.79 Å². The van der Waals surface area contributed by atoms with E-state index >= 15 is 0 Å². The summed E-state index contributed by atoms with van der Waals surface area (Å²) in [5, 5.41) is 2.61. The molecule has 0 amide bonds. The molecule has 2 heterocycles. The van der Waals surface area contributed by atoms with Crippen LogP contribution in [0.2, 0.25) is 0 Å². The average Bonchev–Trinajstić information content (AvgIpc) is 2.89. The molecule has 1 aromatic heterocycles. The third kappa shape index (κ3) is 1.82. The molecule has 0 aliphatic carbocycles. The van der Waals surface area contributed by atoms with E-state index in [9.17, 15) is 4.79 Å². The molecular weight excluding hydrogens is 246 g/mol. The second-order valence-electron chi connectivity index (χ2n) is 5.03. The second-order valence-corrected chi connectivity index (χ2v) is 5.89. The van der Waals surface area contributed by atoms with Gasteiger partial charge in [-0.05, 0) is 25.5 Å². The smallest absolute Gasteiger partial charge is 0.169 e. The number of benzene rings is 1. The molecule has 0 saturated heterocycles. The Hall–Kier alpha value is -1.68. The Balaban J connectivity index is 2.10. The SMILES string of the molecule is CC1(C)Cc2cccc(-c3nc(C=O)cs3)c2O1. The largest absolute Gasteiger partial charge is 0.486 e. The molecule has 0 N–H and O–H groups in total. The molecule has 4 heteroatoms. The minimum atomic E-state index is -0.164. The van der Waals surface area contributed by atoms with Gasteiger partial charge < -0.3 is 4.74 Å². The number of ether oxygens (including phenoxy) is 1. The van der Waals surface area contributed by atoms with Crippen LogP contribution in [0.25, 0.3) is 10.6 Å². The van der Waals surface area contributed by atoms with Crippen molar-refractivity contribution < 1.29 is 9.53 Å². The molecule has 0 bridgehead atoms. The molecule has 0 spiro atoms. The van der Waals surface area contributed by atoms with Gasteiger partial charge in [0.15, 0.2) is 6.29 Å². The number of aldehydes is 1. The van der Waals surface area contributed by atoms with Gasteiger partial charge in [0.2, 0.25) is 0 Å². The number of rotatable bonds is 2. The van der Waals surface area contributed by atoms with Crippen LogP contribution in [0, 0.1) is 0 Å². The quantitative estimate of drug-likeness (QED) is 0.776. The summed E-state index contributed by atoms with van der Waals surface area (Å²) in [6.45, 7) is 4.16. The van der Waals surface area contributed by atoms with Crippen molar-refractivity contribution in [3.63, 3.8) is 0 Å². The number of para-hydroxylation sites is 1. The van der Waals surface area contributed by atoms with Gasteiger partial charge in [-0.25, -0.2) is 4.98 Å². The summed E-state index contributed by atoms with van der Waals surface area (Å²) in [6.07, 6.45) is 1.68. The Labute approximate surface area is 109 Å². The summed E-state index contributed by atoms with van der Waals surface area (Å²) < 4.78 is 6.00. The van der Waals surface area contributed by atoms with Crippen molar-refractivity contribution in [1.29, 1.82) is 0 Å². The number of carbonyl (C=O) groups excluding carboxylic acids is 1. The number of nitrogens with zero attached hydrogens (tertiary/aromatic N) is 1. The highest BCUT2D eigenvalue weighted by molar-refractivity contribution is 7.13. The van der Waals surface area contributed by atoms with Crippen LogP contribution < -0.4 is 4.74 Å². The van der Waals surface area contributed by atoms with Crippen molar-refractivity contribution in [2.45, 2.75) is 25.9 Å². The van der Waals surface area contributed by atoms with E-state index < -0.39 is 0 Å². The lowest BCUT2D eigenvalue weighted by Crippen LogP contribution is -2.24. The highest BCUT2D eigenvalue weighted by Gasteiger charge is 2.32. The van der Waals surface area contributed by atoms with Gasteiger partial charge in [0.1, 0.15) is 22.1 Å². The molecule has 1 aliphatic rings. The fraction of sp³-hybridized carbons (Fsp3) is 0.286. The summed E-state index contributed by atoms with van der Waals surface area (Å²) in [6, 6.07) is 6.09. The molecule has 0 fully saturated rings. The zero-order chi connectivity index (χ0) is 12.8. The minimum Gasteiger partial charge on any atom is -0.486 e. The van der Waals surface area contributed by atoms with Gasteiger partial charge >= 0.3 is 0 Å². The van der Waals surface area contributed by atoms with Crippen LogP contribution in [0.15, 0.2) is 23.6 Å². The van der Waals surface area contributed by atoms with Crippen LogP contribution in [-0.4, -0.2) is 16.9 Å². The van der Waals surface area contributed by atoms with Gasteiger partial charge in [-0.15, -0.1) is 11.3 Å². The van der Waals surface area contributed by atoms with Gasteiger partial charge in [-0.2, -0.15) is 0 Å². The van der Waals surface area contributed by atoms with Gasteiger partial charge in [0, 0.05) is 11.8 Å². The molecule has 0 radical (unpaired) electrons. The Morgan fingerprint density at radius 2 is 2.28 bits per heavy atom. The highest BCUT2D eigenvalue weighted by atomic mass is 32.1. The van der Waals surface area contributed by atoms with E-state index in [1.54, 1.807) is 5.38 Å². The highest BCUT2D eigenvalue weighted by Crippen LogP contribution is 2.42. The molecule has 1 aliphatic heterocycles. The van der Waals surface area contributed by atoms with Crippen molar-refractivity contribution in [1.82, 2.24) is 4.98 Å². The number of hydrogen-bond donors (Lipinski definition) is 0. The molecule has 0 atom stereocenters. The van der Waals surface area contributed by atoms with Crippen molar-refractivity contribution in [3.05, 3.63) is 34.8 Å². The first-order valence-electron chi connectivity index (χ1n) is 5.81. The lowest BCUT2D eigenvalue weighted by molar-refractivity contribution is 0.111. The summed E-state index contributed by atoms with van der Waals surface area (Å²) in [5.41, 5.74) is 2.50. The van der Waals surface area contributed by atoms with Crippen LogP contribution in [-0.2, 0) is 6.42 Å². The first kappa shape index (κ1) is 11.4. The lowest BCUT2D eigenvalue weighted by atomic mass is 10.0. The van der Waals surface area contributed by atoms with Gasteiger partial charge in [-0.1, -0.05) is 12.1 Å². The van der Waals surface area contributed by atoms with Gasteiger partial charge in [0.05, 0.1) is 5.56 Å². The zero-order valence-corrected chi connectivity index (χ0v) is 11.1. The van der Waals surface area contributed by atoms with Crippen molar-refractivity contribution >= 4 is 17.6 Å². The standard InChI is InChI=1S/C14H13NO2S/c1-14(2)6-9-4-3-5-11(12(9)17-14)13-15-10(7-16)8-18-13/h3-5,7-8H,6H2,1-2H3. The van der Waals surface area contributed by atoms with Crippen LogP contribution in [0.3, 0.4) is 0 Å². The van der Waals surface area contributed by atoms with Crippen LogP contribution in [0.4, 0.5) is 0 Å². The van der Waals surface area contributed by atoms with Crippen molar-refractivity contribution in [2.75, 3.05) is 0 Å². The fourth-order valence-electron chi connectivity index (χ4n) is 2.25. The topological polar surface area (TPSA) is 39.2 Å². The maximum absolute atomic E-state index is 10.7. The van der Waals surface area contributed by atoms with Crippen molar-refractivity contribution in [3.8, 4) is 16.3 Å². The van der Waals surface area contributed by atoms with Crippen molar-refractivity contribution in [2.24, 2.45) is 0 Å². The second kappa shape index (κ2) is 3.92. The number of carbonyl (C=O) groups is 1. The molecule has 0 unspecified atom stereocenters. The van der Waals surface area contributed by atoms with Gasteiger partial charge in [0.25, 0.3) is 0 Å². The summed E-state index contributed by atoms with van der Waals surface area (Å²) in [4.78, 5) is 15.0. The Morgan fingerprint density at radius 1 is 1.44 bits per heavy atom. The molecular formula is C14H13NO2S. The molecule has 3 nitrogen and oxygen atoms in total. The van der Waals surface area contributed by atoms with Crippen LogP contribution >= 0.6 is 11.3 Å². The van der Waals surface area contributed by atoms with E-state index in [-0.39, 0.29) is 5.60 Å². The third-order valence-corrected chi connectivity index (χ3v) is 3.86. The lowest BCUT2D eigenvalue weighted by Gasteiger charge is -2.17. The molecule has 18 heavy (non-hydrogen) atoms. The Morgan fingerprint density at radius 3 is 3.00 bits per heavy atom. The minimum absolute atomic E-state index is 0.164. The van der Waals surface area contributed by atoms with E-state index in [2.05, 4.69) is 24.9 Å². The molecule has 92 valence electrons. The Bertz CT molecular complexity index is 616. The fourth-order valence-corrected chi connectivity index (χ4v) is 3.03. The molecule has 0 saturated carbocycles. The van der Waals surface area contributed by atoms with E-state index in [1.165, 1.54) is 16.9 Å².